The van der Waals surface area contributed by atoms with E-state index in [-0.39, 0.29) is 0 Å². The summed E-state index contributed by atoms with van der Waals surface area (Å²) in [6.07, 6.45) is 6.14. The van der Waals surface area contributed by atoms with Crippen molar-refractivity contribution in [1.29, 1.82) is 0 Å². The van der Waals surface area contributed by atoms with Crippen molar-refractivity contribution in [3.8, 4) is 0 Å². The van der Waals surface area contributed by atoms with Gasteiger partial charge in [0.05, 0.1) is 0 Å². The molecular formula is C12H13Cl. The van der Waals surface area contributed by atoms with Gasteiger partial charge in [-0.2, -0.15) is 0 Å². The molecule has 0 saturated heterocycles. The van der Waals surface area contributed by atoms with Gasteiger partial charge in [0.1, 0.15) is 0 Å². The van der Waals surface area contributed by atoms with Gasteiger partial charge in [0, 0.05) is 5.88 Å². The lowest BCUT2D eigenvalue weighted by atomic mass is 10.2. The van der Waals surface area contributed by atoms with E-state index in [1.54, 1.807) is 0 Å². The van der Waals surface area contributed by atoms with Crippen LogP contribution < -0.4 is 0 Å². The predicted octanol–water partition coefficient (Wildman–Crippen LogP) is 3.88. The summed E-state index contributed by atoms with van der Waals surface area (Å²) >= 11 is 5.57. The van der Waals surface area contributed by atoms with Crippen LogP contribution in [0.2, 0.25) is 0 Å². The highest BCUT2D eigenvalue weighted by atomic mass is 35.5. The number of alkyl halides is 1. The minimum Gasteiger partial charge on any atom is -0.122 e. The smallest absolute Gasteiger partial charge is 0.0409 e. The average molecular weight is 193 g/mol. The zero-order valence-corrected chi connectivity index (χ0v) is 8.46. The van der Waals surface area contributed by atoms with Crippen LogP contribution in [-0.2, 0) is 0 Å². The highest BCUT2D eigenvalue weighted by molar-refractivity contribution is 6.18. The van der Waals surface area contributed by atoms with Gasteiger partial charge in [0.15, 0.2) is 0 Å². The van der Waals surface area contributed by atoms with E-state index in [0.717, 1.165) is 0 Å². The van der Waals surface area contributed by atoms with Gasteiger partial charge in [0.25, 0.3) is 0 Å². The highest BCUT2D eigenvalue weighted by Crippen LogP contribution is 2.04. The van der Waals surface area contributed by atoms with Crippen molar-refractivity contribution in [2.45, 2.75) is 6.92 Å². The zero-order chi connectivity index (χ0) is 9.52. The molecule has 0 N–H and O–H groups in total. The van der Waals surface area contributed by atoms with Gasteiger partial charge in [-0.15, -0.1) is 11.6 Å². The minimum atomic E-state index is 0.574. The van der Waals surface area contributed by atoms with Crippen LogP contribution in [0, 0.1) is 0 Å². The van der Waals surface area contributed by atoms with Crippen LogP contribution in [0.3, 0.4) is 0 Å². The second-order valence-electron chi connectivity index (χ2n) is 2.85. The summed E-state index contributed by atoms with van der Waals surface area (Å²) in [5.74, 6) is 0.574. The van der Waals surface area contributed by atoms with Crippen molar-refractivity contribution in [3.63, 3.8) is 0 Å². The van der Waals surface area contributed by atoms with Crippen LogP contribution in [-0.4, -0.2) is 5.88 Å². The Bertz CT molecular complexity index is 296. The Morgan fingerprint density at radius 2 is 2.00 bits per heavy atom. The number of hydrogen-bond donors (Lipinski definition) is 0. The van der Waals surface area contributed by atoms with Crippen LogP contribution >= 0.6 is 11.6 Å². The largest absolute Gasteiger partial charge is 0.122 e. The number of hydrogen-bond acceptors (Lipinski definition) is 0. The van der Waals surface area contributed by atoms with Crippen LogP contribution in [0.25, 0.3) is 6.08 Å². The SMILES string of the molecule is CC(C=Cc1ccccc1)=CCCl. The molecule has 1 rings (SSSR count). The molecule has 0 aromatic heterocycles. The van der Waals surface area contributed by atoms with E-state index in [2.05, 4.69) is 24.3 Å². The summed E-state index contributed by atoms with van der Waals surface area (Å²) in [5.41, 5.74) is 2.41. The molecule has 0 bridgehead atoms. The summed E-state index contributed by atoms with van der Waals surface area (Å²) in [6.45, 7) is 2.04. The third kappa shape index (κ3) is 3.95. The molecule has 0 saturated carbocycles. The van der Waals surface area contributed by atoms with Gasteiger partial charge in [0.2, 0.25) is 0 Å². The maximum atomic E-state index is 5.57. The predicted molar refractivity (Wildman–Crippen MR) is 60.0 cm³/mol. The lowest BCUT2D eigenvalue weighted by molar-refractivity contribution is 1.49. The molecule has 1 aromatic carbocycles. The molecule has 0 unspecified atom stereocenters. The number of benzene rings is 1. The highest BCUT2D eigenvalue weighted by Gasteiger charge is 1.83. The first kappa shape index (κ1) is 10.1. The van der Waals surface area contributed by atoms with E-state index >= 15 is 0 Å². The average Bonchev–Trinajstić information content (AvgIpc) is 2.17. The Morgan fingerprint density at radius 3 is 2.62 bits per heavy atom. The summed E-state index contributed by atoms with van der Waals surface area (Å²) in [6, 6.07) is 10.2. The van der Waals surface area contributed by atoms with Gasteiger partial charge < -0.3 is 0 Å². The Morgan fingerprint density at radius 1 is 1.31 bits per heavy atom. The Hall–Kier alpha value is -1.01. The maximum Gasteiger partial charge on any atom is 0.0409 e. The molecule has 0 radical (unpaired) electrons. The summed E-state index contributed by atoms with van der Waals surface area (Å²) in [5, 5.41) is 0. The van der Waals surface area contributed by atoms with Gasteiger partial charge >= 0.3 is 0 Å². The molecule has 13 heavy (non-hydrogen) atoms. The van der Waals surface area contributed by atoms with E-state index in [9.17, 15) is 0 Å². The topological polar surface area (TPSA) is 0 Å². The maximum absolute atomic E-state index is 5.57. The molecule has 0 atom stereocenters. The number of rotatable bonds is 3. The van der Waals surface area contributed by atoms with Crippen molar-refractivity contribution >= 4 is 17.7 Å². The van der Waals surface area contributed by atoms with Gasteiger partial charge in [-0.25, -0.2) is 0 Å². The van der Waals surface area contributed by atoms with Crippen molar-refractivity contribution in [1.82, 2.24) is 0 Å². The molecule has 1 heteroatoms. The normalized spacial score (nSPS) is 12.3. The van der Waals surface area contributed by atoms with Gasteiger partial charge in [-0.05, 0) is 12.5 Å². The lowest BCUT2D eigenvalue weighted by Crippen LogP contribution is -1.72. The lowest BCUT2D eigenvalue weighted by Gasteiger charge is -1.92. The summed E-state index contributed by atoms with van der Waals surface area (Å²) in [7, 11) is 0. The monoisotopic (exact) mass is 192 g/mol. The van der Waals surface area contributed by atoms with Crippen LogP contribution in [0.1, 0.15) is 12.5 Å². The molecule has 68 valence electrons. The quantitative estimate of drug-likeness (QED) is 0.504. The van der Waals surface area contributed by atoms with Crippen molar-refractivity contribution < 1.29 is 0 Å². The Kier molecular flexibility index (Phi) is 4.34. The molecule has 1 aromatic rings. The summed E-state index contributed by atoms with van der Waals surface area (Å²) in [4.78, 5) is 0. The molecular weight excluding hydrogens is 180 g/mol. The Balaban J connectivity index is 2.64. The fourth-order valence-electron chi connectivity index (χ4n) is 0.982. The number of halogens is 1. The molecule has 0 amide bonds. The second-order valence-corrected chi connectivity index (χ2v) is 3.16. The van der Waals surface area contributed by atoms with E-state index in [1.807, 2.05) is 31.2 Å². The van der Waals surface area contributed by atoms with Crippen LogP contribution in [0.15, 0.2) is 48.1 Å². The standard InChI is InChI=1S/C12H13Cl/c1-11(9-10-13)7-8-12-5-3-2-4-6-12/h2-9H,10H2,1H3. The van der Waals surface area contributed by atoms with E-state index < -0.39 is 0 Å². The fraction of sp³-hybridized carbons (Fsp3) is 0.167. The molecule has 0 fully saturated rings. The molecule has 0 aliphatic heterocycles. The van der Waals surface area contributed by atoms with Crippen LogP contribution in [0.4, 0.5) is 0 Å². The zero-order valence-electron chi connectivity index (χ0n) is 7.70. The first-order chi connectivity index (χ1) is 6.33. The molecule has 0 nitrogen and oxygen atoms in total. The van der Waals surface area contributed by atoms with Crippen molar-refractivity contribution in [2.24, 2.45) is 0 Å². The number of allylic oxidation sites excluding steroid dienone is 3. The second kappa shape index (κ2) is 5.60. The van der Waals surface area contributed by atoms with E-state index in [0.29, 0.717) is 5.88 Å². The minimum absolute atomic E-state index is 0.574. The molecule has 0 aliphatic carbocycles. The van der Waals surface area contributed by atoms with Crippen LogP contribution in [0.5, 0.6) is 0 Å². The Labute approximate surface area is 84.5 Å². The molecule has 0 spiro atoms. The fourth-order valence-corrected chi connectivity index (χ4v) is 1.22. The van der Waals surface area contributed by atoms with E-state index in [4.69, 9.17) is 11.6 Å². The van der Waals surface area contributed by atoms with E-state index in [1.165, 1.54) is 11.1 Å². The third-order valence-corrected chi connectivity index (χ3v) is 1.89. The molecule has 0 aliphatic rings. The van der Waals surface area contributed by atoms with Gasteiger partial charge in [-0.1, -0.05) is 54.1 Å². The molecule has 0 heterocycles. The first-order valence-corrected chi connectivity index (χ1v) is 4.82. The third-order valence-electron chi connectivity index (χ3n) is 1.74. The first-order valence-electron chi connectivity index (χ1n) is 4.29. The summed E-state index contributed by atoms with van der Waals surface area (Å²) < 4.78 is 0. The van der Waals surface area contributed by atoms with Gasteiger partial charge in [-0.3, -0.25) is 0 Å². The van der Waals surface area contributed by atoms with Crippen molar-refractivity contribution in [3.05, 3.63) is 53.6 Å². The van der Waals surface area contributed by atoms with Crippen molar-refractivity contribution in [2.75, 3.05) is 5.88 Å².